The van der Waals surface area contributed by atoms with Crippen LogP contribution in [0.1, 0.15) is 68.1 Å². The minimum Gasteiger partial charge on any atom is -0.484 e. The number of nitrogens with one attached hydrogen (secondary N) is 1. The van der Waals surface area contributed by atoms with Crippen LogP contribution in [0.25, 0.3) is 0 Å². The molecule has 15 nitrogen and oxygen atoms in total. The van der Waals surface area contributed by atoms with Crippen molar-refractivity contribution in [3.8, 4) is 11.5 Å². The molecular weight excluding hydrogens is 811 g/mol. The Bertz CT molecular complexity index is 1710. The SMILES string of the molecule is CC.CCCc1ccc(OCC(=O)N2CCOCC2)cc1.CCl.Nc1nc(N)c(C(=O)NC2CCCN(CCCc3ccc(OCC(=O)N4CCOCC4)cc3)C2)nc1Cl. The number of rotatable bonds is 14. The summed E-state index contributed by atoms with van der Waals surface area (Å²) in [6.45, 7) is 13.9. The first-order valence-corrected chi connectivity index (χ1v) is 22.0. The number of halogens is 2. The zero-order valence-electron chi connectivity index (χ0n) is 35.6. The summed E-state index contributed by atoms with van der Waals surface area (Å²) in [5.41, 5.74) is 13.9. The van der Waals surface area contributed by atoms with Crippen LogP contribution in [0.5, 0.6) is 11.5 Å². The van der Waals surface area contributed by atoms with E-state index in [0.29, 0.717) is 58.4 Å². The van der Waals surface area contributed by atoms with Crippen LogP contribution in [0.15, 0.2) is 48.5 Å². The van der Waals surface area contributed by atoms with Crippen molar-refractivity contribution in [3.05, 3.63) is 70.5 Å². The van der Waals surface area contributed by atoms with E-state index in [-0.39, 0.29) is 53.6 Å². The van der Waals surface area contributed by atoms with Crippen molar-refractivity contribution in [1.82, 2.24) is 30.0 Å². The predicted molar refractivity (Wildman–Crippen MR) is 237 cm³/mol. The number of carbonyl (C=O) groups excluding carboxylic acids is 3. The van der Waals surface area contributed by atoms with E-state index in [1.165, 1.54) is 17.5 Å². The number of nitrogen functional groups attached to an aromatic ring is 2. The fraction of sp³-hybridized carbons (Fsp3) is 0.558. The lowest BCUT2D eigenvalue weighted by molar-refractivity contribution is -0.138. The second-order valence-corrected chi connectivity index (χ2v) is 14.3. The highest BCUT2D eigenvalue weighted by Crippen LogP contribution is 2.19. The molecule has 3 aromatic rings. The highest BCUT2D eigenvalue weighted by Gasteiger charge is 2.24. The van der Waals surface area contributed by atoms with E-state index in [0.717, 1.165) is 63.9 Å². The molecule has 0 radical (unpaired) electrons. The van der Waals surface area contributed by atoms with Gasteiger partial charge >= 0.3 is 0 Å². The predicted octanol–water partition coefficient (Wildman–Crippen LogP) is 5.12. The number of piperidine rings is 1. The zero-order valence-corrected chi connectivity index (χ0v) is 37.1. The van der Waals surface area contributed by atoms with Gasteiger partial charge in [-0.2, -0.15) is 0 Å². The van der Waals surface area contributed by atoms with Gasteiger partial charge in [0.2, 0.25) is 0 Å². The number of carbonyl (C=O) groups is 3. The molecule has 1 aromatic heterocycles. The standard InChI is InChI=1S/C25H34ClN7O4.C15H21NO3.C2H6.CH3Cl/c26-22-24(28)31-23(27)21(30-22)25(35)29-18-4-2-10-32(15-18)9-1-3-17-5-7-19(8-6-17)37-16-20(34)33-11-13-36-14-12-33;1-2-3-13-4-6-14(7-5-13)19-12-15(17)16-8-10-18-11-9-16;2*1-2/h5-8,18H,1-4,9-16H2,(H,29,35)(H4,27,28,31);4-7H,2-3,8-12H2,1H3;1-2H3;1H3. The average Bonchev–Trinajstić information content (AvgIpc) is 3.29. The van der Waals surface area contributed by atoms with Crippen LogP contribution < -0.4 is 26.3 Å². The average molecular weight is 876 g/mol. The number of morpholine rings is 2. The molecule has 60 heavy (non-hydrogen) atoms. The molecule has 0 bridgehead atoms. The maximum Gasteiger partial charge on any atom is 0.274 e. The molecule has 1 unspecified atom stereocenters. The molecule has 1 atom stereocenters. The lowest BCUT2D eigenvalue weighted by atomic mass is 10.0. The van der Waals surface area contributed by atoms with Crippen molar-refractivity contribution in [2.24, 2.45) is 0 Å². The fourth-order valence-electron chi connectivity index (χ4n) is 6.64. The first-order chi connectivity index (χ1) is 29.2. The molecule has 2 aromatic carbocycles. The van der Waals surface area contributed by atoms with Crippen LogP contribution in [0.4, 0.5) is 11.6 Å². The topological polar surface area (TPSA) is 188 Å². The van der Waals surface area contributed by atoms with E-state index in [1.54, 1.807) is 9.80 Å². The smallest absolute Gasteiger partial charge is 0.274 e. The van der Waals surface area contributed by atoms with Crippen LogP contribution in [-0.4, -0.2) is 140 Å². The first kappa shape index (κ1) is 49.9. The van der Waals surface area contributed by atoms with Gasteiger partial charge in [-0.05, 0) is 80.6 Å². The summed E-state index contributed by atoms with van der Waals surface area (Å²) in [6.07, 6.45) is 7.47. The van der Waals surface area contributed by atoms with E-state index < -0.39 is 5.91 Å². The van der Waals surface area contributed by atoms with Gasteiger partial charge in [-0.3, -0.25) is 14.4 Å². The maximum atomic E-state index is 12.6. The Balaban J connectivity index is 0.000000351. The van der Waals surface area contributed by atoms with Gasteiger partial charge in [0, 0.05) is 45.1 Å². The van der Waals surface area contributed by atoms with E-state index in [4.69, 9.17) is 42.0 Å². The Morgan fingerprint density at radius 3 is 1.77 bits per heavy atom. The number of amides is 3. The number of likely N-dealkylation sites (tertiary alicyclic amines) is 1. The molecule has 0 aliphatic carbocycles. The molecule has 3 fully saturated rings. The molecule has 6 rings (SSSR count). The van der Waals surface area contributed by atoms with Crippen molar-refractivity contribution < 1.29 is 33.3 Å². The molecule has 0 spiro atoms. The van der Waals surface area contributed by atoms with Gasteiger partial charge in [-0.1, -0.05) is 63.1 Å². The van der Waals surface area contributed by atoms with E-state index in [2.05, 4.69) is 50.8 Å². The number of aryl methyl sites for hydroxylation is 2. The van der Waals surface area contributed by atoms with Crippen molar-refractivity contribution in [3.63, 3.8) is 0 Å². The second-order valence-electron chi connectivity index (χ2n) is 14.0. The lowest BCUT2D eigenvalue weighted by Crippen LogP contribution is -2.48. The van der Waals surface area contributed by atoms with Crippen LogP contribution in [0.2, 0.25) is 5.15 Å². The number of benzene rings is 2. The molecule has 3 saturated heterocycles. The van der Waals surface area contributed by atoms with Gasteiger partial charge in [0.25, 0.3) is 17.7 Å². The quantitative estimate of drug-likeness (QED) is 0.182. The van der Waals surface area contributed by atoms with Crippen LogP contribution in [0.3, 0.4) is 0 Å². The highest BCUT2D eigenvalue weighted by atomic mass is 35.5. The van der Waals surface area contributed by atoms with Crippen molar-refractivity contribution in [2.75, 3.05) is 103 Å². The third-order valence-corrected chi connectivity index (χ3v) is 10.0. The van der Waals surface area contributed by atoms with Crippen molar-refractivity contribution in [2.45, 2.75) is 65.3 Å². The Morgan fingerprint density at radius 1 is 0.767 bits per heavy atom. The van der Waals surface area contributed by atoms with Gasteiger partial charge in [0.15, 0.2) is 35.7 Å². The molecule has 3 aliphatic heterocycles. The number of hydrogen-bond donors (Lipinski definition) is 3. The molecule has 3 amide bonds. The molecule has 3 aliphatic rings. The Hall–Kier alpha value is -4.41. The summed E-state index contributed by atoms with van der Waals surface area (Å²) < 4.78 is 21.7. The summed E-state index contributed by atoms with van der Waals surface area (Å²) in [7, 11) is 0. The minimum atomic E-state index is -0.396. The number of nitrogens with two attached hydrogens (primary N) is 2. The number of hydrogen-bond acceptors (Lipinski definition) is 12. The molecule has 5 N–H and O–H groups in total. The first-order valence-electron chi connectivity index (χ1n) is 20.8. The number of anilines is 2. The molecule has 17 heteroatoms. The van der Waals surface area contributed by atoms with Gasteiger partial charge in [-0.25, -0.2) is 9.97 Å². The maximum absolute atomic E-state index is 12.6. The van der Waals surface area contributed by atoms with E-state index in [9.17, 15) is 14.4 Å². The monoisotopic (exact) mass is 874 g/mol. The Kier molecular flexibility index (Phi) is 23.5. The van der Waals surface area contributed by atoms with Crippen molar-refractivity contribution in [1.29, 1.82) is 0 Å². The largest absolute Gasteiger partial charge is 0.484 e. The number of ether oxygens (including phenoxy) is 4. The molecule has 0 saturated carbocycles. The van der Waals surface area contributed by atoms with E-state index >= 15 is 0 Å². The normalized spacial score (nSPS) is 16.4. The fourth-order valence-corrected chi connectivity index (χ4v) is 6.76. The summed E-state index contributed by atoms with van der Waals surface area (Å²) >= 11 is 10.5. The highest BCUT2D eigenvalue weighted by molar-refractivity contribution is 6.31. The van der Waals surface area contributed by atoms with Crippen LogP contribution >= 0.6 is 23.2 Å². The third-order valence-electron chi connectivity index (χ3n) is 9.74. The molecular formula is C43H64Cl2N8O7. The van der Waals surface area contributed by atoms with Gasteiger partial charge < -0.3 is 50.4 Å². The lowest BCUT2D eigenvalue weighted by Gasteiger charge is -2.33. The number of alkyl halides is 1. The number of nitrogens with zero attached hydrogens (tertiary/aromatic N) is 5. The summed E-state index contributed by atoms with van der Waals surface area (Å²) in [6, 6.07) is 15.9. The molecule has 332 valence electrons. The zero-order chi connectivity index (χ0) is 43.7. The van der Waals surface area contributed by atoms with Gasteiger partial charge in [-0.15, -0.1) is 11.6 Å². The summed E-state index contributed by atoms with van der Waals surface area (Å²) in [5, 5.41) is 2.96. The van der Waals surface area contributed by atoms with Gasteiger partial charge in [0.05, 0.1) is 26.4 Å². The summed E-state index contributed by atoms with van der Waals surface area (Å²) in [4.78, 5) is 50.5. The third kappa shape index (κ3) is 17.3. The molecule has 4 heterocycles. The van der Waals surface area contributed by atoms with Gasteiger partial charge in [0.1, 0.15) is 11.5 Å². The second kappa shape index (κ2) is 28.2. The Labute approximate surface area is 365 Å². The van der Waals surface area contributed by atoms with Crippen LogP contribution in [-0.2, 0) is 31.9 Å². The minimum absolute atomic E-state index is 0.000557. The Morgan fingerprint density at radius 2 is 1.27 bits per heavy atom. The summed E-state index contributed by atoms with van der Waals surface area (Å²) in [5.74, 6) is 1.02. The number of aromatic nitrogens is 2. The van der Waals surface area contributed by atoms with E-state index in [1.807, 2.05) is 50.2 Å². The van der Waals surface area contributed by atoms with Crippen molar-refractivity contribution >= 4 is 52.6 Å². The van der Waals surface area contributed by atoms with Crippen LogP contribution in [0, 0.1) is 0 Å².